The molecule has 0 atom stereocenters. The van der Waals surface area contributed by atoms with Crippen LogP contribution in [0.2, 0.25) is 0 Å². The summed E-state index contributed by atoms with van der Waals surface area (Å²) in [5.74, 6) is -0.0726. The monoisotopic (exact) mass is 254 g/mol. The number of anilines is 1. The minimum absolute atomic E-state index is 0.0726. The first kappa shape index (κ1) is 12.3. The van der Waals surface area contributed by atoms with Crippen molar-refractivity contribution in [2.75, 3.05) is 12.4 Å². The topological polar surface area (TPSA) is 50.7 Å². The molecule has 0 radical (unpaired) electrons. The lowest BCUT2D eigenvalue weighted by molar-refractivity contribution is -0.141. The van der Waals surface area contributed by atoms with Crippen LogP contribution in [0, 0.1) is 0 Å². The van der Waals surface area contributed by atoms with Crippen LogP contribution >= 0.6 is 0 Å². The van der Waals surface area contributed by atoms with E-state index in [0.29, 0.717) is 5.56 Å². The molecule has 0 unspecified atom stereocenters. The predicted molar refractivity (Wildman–Crippen MR) is 59.8 cm³/mol. The second-order valence-electron chi connectivity index (χ2n) is 3.45. The molecule has 0 aliphatic carbocycles. The van der Waals surface area contributed by atoms with Crippen molar-refractivity contribution in [2.24, 2.45) is 0 Å². The molecule has 0 aliphatic heterocycles. The zero-order chi connectivity index (χ0) is 13.2. The summed E-state index contributed by atoms with van der Waals surface area (Å²) in [6.45, 7) is 0. The van der Waals surface area contributed by atoms with E-state index in [1.165, 1.54) is 19.4 Å². The summed E-state index contributed by atoms with van der Waals surface area (Å²) in [5.41, 5.74) is -0.230. The highest BCUT2D eigenvalue weighted by Crippen LogP contribution is 2.30. The van der Waals surface area contributed by atoms with E-state index in [-0.39, 0.29) is 11.6 Å². The Morgan fingerprint density at radius 3 is 2.33 bits per heavy atom. The van der Waals surface area contributed by atoms with Gasteiger partial charge in [0, 0.05) is 25.0 Å². The molecule has 4 nitrogen and oxygen atoms in total. The van der Waals surface area contributed by atoms with Gasteiger partial charge in [-0.1, -0.05) is 0 Å². The molecule has 0 saturated carbocycles. The average molecular weight is 254 g/mol. The van der Waals surface area contributed by atoms with E-state index in [9.17, 15) is 13.2 Å². The quantitative estimate of drug-likeness (QED) is 0.895. The highest BCUT2D eigenvalue weighted by molar-refractivity contribution is 5.60. The van der Waals surface area contributed by atoms with Crippen LogP contribution in [0.5, 0.6) is 0 Å². The molecular formula is C11H9F3N4. The Morgan fingerprint density at radius 1 is 1.11 bits per heavy atom. The van der Waals surface area contributed by atoms with Crippen molar-refractivity contribution in [1.82, 2.24) is 15.0 Å². The molecule has 0 spiro atoms. The summed E-state index contributed by atoms with van der Waals surface area (Å²) in [7, 11) is 1.46. The minimum Gasteiger partial charge on any atom is -0.357 e. The lowest BCUT2D eigenvalue weighted by Crippen LogP contribution is -2.11. The van der Waals surface area contributed by atoms with Crippen LogP contribution in [-0.4, -0.2) is 22.0 Å². The first-order chi connectivity index (χ1) is 8.50. The summed E-state index contributed by atoms with van der Waals surface area (Å²) >= 11 is 0. The first-order valence-corrected chi connectivity index (χ1v) is 5.05. The molecule has 0 bridgehead atoms. The van der Waals surface area contributed by atoms with Crippen molar-refractivity contribution >= 4 is 5.95 Å². The summed E-state index contributed by atoms with van der Waals surface area (Å²) in [6.07, 6.45) is -1.52. The highest BCUT2D eigenvalue weighted by Gasteiger charge is 2.33. The van der Waals surface area contributed by atoms with Gasteiger partial charge >= 0.3 is 6.18 Å². The molecule has 18 heavy (non-hydrogen) atoms. The normalized spacial score (nSPS) is 11.3. The number of hydrogen-bond donors (Lipinski definition) is 1. The van der Waals surface area contributed by atoms with Gasteiger partial charge in [0.05, 0.1) is 5.69 Å². The minimum atomic E-state index is -4.50. The molecule has 1 N–H and O–H groups in total. The Hall–Kier alpha value is -2.18. The summed E-state index contributed by atoms with van der Waals surface area (Å²) < 4.78 is 38.0. The molecule has 94 valence electrons. The van der Waals surface area contributed by atoms with Gasteiger partial charge in [0.25, 0.3) is 0 Å². The standard InChI is InChI=1S/C11H9F3N4/c1-15-10-17-8(7-2-4-16-5-3-7)6-9(18-10)11(12,13)14/h2-6H,1H3,(H,15,17,18). The first-order valence-electron chi connectivity index (χ1n) is 5.05. The van der Waals surface area contributed by atoms with Gasteiger partial charge in [-0.25, -0.2) is 9.97 Å². The van der Waals surface area contributed by atoms with Crippen molar-refractivity contribution in [1.29, 1.82) is 0 Å². The predicted octanol–water partition coefficient (Wildman–Crippen LogP) is 2.60. The third-order valence-electron chi connectivity index (χ3n) is 2.22. The van der Waals surface area contributed by atoms with Gasteiger partial charge in [-0.05, 0) is 18.2 Å². The number of aromatic nitrogens is 3. The van der Waals surface area contributed by atoms with Gasteiger partial charge in [-0.2, -0.15) is 13.2 Å². The molecule has 0 amide bonds. The number of rotatable bonds is 2. The Balaban J connectivity index is 2.55. The van der Waals surface area contributed by atoms with Crippen LogP contribution in [0.3, 0.4) is 0 Å². The smallest absolute Gasteiger partial charge is 0.357 e. The molecule has 0 aliphatic rings. The summed E-state index contributed by atoms with van der Waals surface area (Å²) in [6, 6.07) is 4.08. The number of alkyl halides is 3. The lowest BCUT2D eigenvalue weighted by Gasteiger charge is -2.10. The second kappa shape index (κ2) is 4.59. The SMILES string of the molecule is CNc1nc(-c2ccncc2)cc(C(F)(F)F)n1. The number of pyridine rings is 1. The third-order valence-corrected chi connectivity index (χ3v) is 2.22. The van der Waals surface area contributed by atoms with Crippen molar-refractivity contribution in [3.8, 4) is 11.3 Å². The molecule has 2 aromatic heterocycles. The molecule has 0 fully saturated rings. The molecular weight excluding hydrogens is 245 g/mol. The second-order valence-corrected chi connectivity index (χ2v) is 3.45. The molecule has 0 saturated heterocycles. The lowest BCUT2D eigenvalue weighted by atomic mass is 10.2. The van der Waals surface area contributed by atoms with Crippen LogP contribution in [0.1, 0.15) is 5.69 Å². The maximum Gasteiger partial charge on any atom is 0.433 e. The Kier molecular flexibility index (Phi) is 3.14. The van der Waals surface area contributed by atoms with Crippen LogP contribution < -0.4 is 5.32 Å². The fraction of sp³-hybridized carbons (Fsp3) is 0.182. The number of hydrogen-bond acceptors (Lipinski definition) is 4. The van der Waals surface area contributed by atoms with Gasteiger partial charge in [-0.3, -0.25) is 4.98 Å². The van der Waals surface area contributed by atoms with Gasteiger partial charge in [0.1, 0.15) is 0 Å². The van der Waals surface area contributed by atoms with E-state index < -0.39 is 11.9 Å². The van der Waals surface area contributed by atoms with Crippen LogP contribution in [0.4, 0.5) is 19.1 Å². The summed E-state index contributed by atoms with van der Waals surface area (Å²) in [4.78, 5) is 11.2. The average Bonchev–Trinajstić information content (AvgIpc) is 2.38. The molecule has 2 rings (SSSR count). The van der Waals surface area contributed by atoms with Gasteiger partial charge in [0.2, 0.25) is 5.95 Å². The molecule has 0 aromatic carbocycles. The largest absolute Gasteiger partial charge is 0.433 e. The van der Waals surface area contributed by atoms with Crippen LogP contribution in [0.15, 0.2) is 30.6 Å². The zero-order valence-corrected chi connectivity index (χ0v) is 9.36. The highest BCUT2D eigenvalue weighted by atomic mass is 19.4. The summed E-state index contributed by atoms with van der Waals surface area (Å²) in [5, 5.41) is 2.51. The maximum atomic E-state index is 12.7. The van der Waals surface area contributed by atoms with Crippen LogP contribution in [-0.2, 0) is 6.18 Å². The molecule has 2 aromatic rings. The van der Waals surface area contributed by atoms with E-state index in [1.54, 1.807) is 12.1 Å². The van der Waals surface area contributed by atoms with Gasteiger partial charge in [-0.15, -0.1) is 0 Å². The maximum absolute atomic E-state index is 12.7. The fourth-order valence-corrected chi connectivity index (χ4v) is 1.37. The molecule has 2 heterocycles. The third kappa shape index (κ3) is 2.55. The van der Waals surface area contributed by atoms with Gasteiger partial charge < -0.3 is 5.32 Å². The van der Waals surface area contributed by atoms with Crippen molar-refractivity contribution in [2.45, 2.75) is 6.18 Å². The van der Waals surface area contributed by atoms with E-state index in [1.807, 2.05) is 0 Å². The Bertz CT molecular complexity index is 540. The fourth-order valence-electron chi connectivity index (χ4n) is 1.37. The number of nitrogens with one attached hydrogen (secondary N) is 1. The van der Waals surface area contributed by atoms with Gasteiger partial charge in [0.15, 0.2) is 5.69 Å². The number of nitrogens with zero attached hydrogens (tertiary/aromatic N) is 3. The van der Waals surface area contributed by atoms with Crippen molar-refractivity contribution in [3.63, 3.8) is 0 Å². The van der Waals surface area contributed by atoms with E-state index in [0.717, 1.165) is 6.07 Å². The van der Waals surface area contributed by atoms with Crippen LogP contribution in [0.25, 0.3) is 11.3 Å². The molecule has 7 heteroatoms. The zero-order valence-electron chi connectivity index (χ0n) is 9.36. The number of halogens is 3. The Labute approximate surface area is 101 Å². The van der Waals surface area contributed by atoms with Crippen molar-refractivity contribution < 1.29 is 13.2 Å². The van der Waals surface area contributed by atoms with E-state index >= 15 is 0 Å². The van der Waals surface area contributed by atoms with E-state index in [2.05, 4.69) is 20.3 Å². The van der Waals surface area contributed by atoms with Crippen molar-refractivity contribution in [3.05, 3.63) is 36.3 Å². The van der Waals surface area contributed by atoms with E-state index in [4.69, 9.17) is 0 Å². The Morgan fingerprint density at radius 2 is 1.78 bits per heavy atom.